The van der Waals surface area contributed by atoms with E-state index in [0.29, 0.717) is 12.1 Å². The van der Waals surface area contributed by atoms with Gasteiger partial charge in [0.15, 0.2) is 0 Å². The molecule has 0 spiro atoms. The highest BCUT2D eigenvalue weighted by Gasteiger charge is 2.20. The lowest BCUT2D eigenvalue weighted by molar-refractivity contribution is 0.211. The Morgan fingerprint density at radius 3 is 2.80 bits per heavy atom. The number of benzene rings is 1. The molecule has 0 aliphatic carbocycles. The summed E-state index contributed by atoms with van der Waals surface area (Å²) in [5, 5.41) is 7.12. The van der Waals surface area contributed by atoms with Gasteiger partial charge in [-0.1, -0.05) is 42.2 Å². The van der Waals surface area contributed by atoms with Crippen LogP contribution in [0, 0.1) is 11.8 Å². The van der Waals surface area contributed by atoms with Gasteiger partial charge in [-0.05, 0) is 43.9 Å². The van der Waals surface area contributed by atoms with Crippen LogP contribution in [0.3, 0.4) is 0 Å². The Labute approximate surface area is 181 Å². The van der Waals surface area contributed by atoms with Crippen LogP contribution < -0.4 is 10.6 Å². The number of piperidine rings is 1. The molecule has 30 heavy (non-hydrogen) atoms. The second kappa shape index (κ2) is 9.13. The number of hydrogen-bond donors (Lipinski definition) is 2. The van der Waals surface area contributed by atoms with E-state index in [9.17, 15) is 0 Å². The summed E-state index contributed by atoms with van der Waals surface area (Å²) in [5.41, 5.74) is 2.38. The van der Waals surface area contributed by atoms with Crippen LogP contribution in [0.4, 0.5) is 5.82 Å². The number of likely N-dealkylation sites (tertiary alicyclic amines) is 1. The van der Waals surface area contributed by atoms with Crippen LogP contribution in [0.15, 0.2) is 42.7 Å². The third-order valence-electron chi connectivity index (χ3n) is 5.92. The van der Waals surface area contributed by atoms with E-state index in [1.165, 1.54) is 12.0 Å². The van der Waals surface area contributed by atoms with E-state index in [2.05, 4.69) is 73.7 Å². The molecule has 154 valence electrons. The van der Waals surface area contributed by atoms with Crippen molar-refractivity contribution in [1.82, 2.24) is 20.2 Å². The fraction of sp³-hybridized carbons (Fsp3) is 0.417. The zero-order chi connectivity index (χ0) is 20.2. The minimum absolute atomic E-state index is 0.333. The quantitative estimate of drug-likeness (QED) is 0.631. The van der Waals surface area contributed by atoms with Crippen molar-refractivity contribution in [3.8, 4) is 11.8 Å². The molecule has 4 heterocycles. The highest BCUT2D eigenvalue weighted by Crippen LogP contribution is 2.30. The Morgan fingerprint density at radius 2 is 2.00 bits per heavy atom. The smallest absolute Gasteiger partial charge is 0.147 e. The summed E-state index contributed by atoms with van der Waals surface area (Å²) in [4.78, 5) is 12.6. The number of thiophene rings is 1. The molecule has 2 aliphatic rings. The normalized spacial score (nSPS) is 20.2. The van der Waals surface area contributed by atoms with Crippen LogP contribution >= 0.6 is 11.3 Å². The van der Waals surface area contributed by atoms with Gasteiger partial charge in [-0.15, -0.1) is 11.3 Å². The summed E-state index contributed by atoms with van der Waals surface area (Å²) < 4.78 is 1.12. The minimum atomic E-state index is 0.333. The molecule has 2 N–H and O–H groups in total. The Morgan fingerprint density at radius 1 is 1.13 bits per heavy atom. The molecule has 2 aromatic heterocycles. The van der Waals surface area contributed by atoms with Crippen LogP contribution in [-0.2, 0) is 6.54 Å². The first-order chi connectivity index (χ1) is 14.8. The van der Waals surface area contributed by atoms with Crippen molar-refractivity contribution in [1.29, 1.82) is 0 Å². The average molecular weight is 418 g/mol. The van der Waals surface area contributed by atoms with Crippen molar-refractivity contribution in [2.45, 2.75) is 44.3 Å². The Balaban J connectivity index is 1.22. The highest BCUT2D eigenvalue weighted by atomic mass is 32.1. The number of nitrogens with one attached hydrogen (secondary N) is 2. The van der Waals surface area contributed by atoms with E-state index in [4.69, 9.17) is 0 Å². The van der Waals surface area contributed by atoms with Gasteiger partial charge in [0.2, 0.25) is 0 Å². The summed E-state index contributed by atoms with van der Waals surface area (Å²) in [6.07, 6.45) is 6.29. The molecule has 2 fully saturated rings. The van der Waals surface area contributed by atoms with E-state index in [1.807, 2.05) is 0 Å². The maximum Gasteiger partial charge on any atom is 0.147 e. The van der Waals surface area contributed by atoms with Crippen LogP contribution in [-0.4, -0.2) is 46.6 Å². The molecule has 5 nitrogen and oxygen atoms in total. The lowest BCUT2D eigenvalue weighted by atomic mass is 10.0. The maximum absolute atomic E-state index is 4.55. The van der Waals surface area contributed by atoms with Crippen molar-refractivity contribution in [2.75, 3.05) is 25.0 Å². The maximum atomic E-state index is 4.55. The van der Waals surface area contributed by atoms with Crippen LogP contribution in [0.25, 0.3) is 10.2 Å². The van der Waals surface area contributed by atoms with Gasteiger partial charge < -0.3 is 10.6 Å². The van der Waals surface area contributed by atoms with E-state index < -0.39 is 0 Å². The fourth-order valence-corrected chi connectivity index (χ4v) is 5.18. The zero-order valence-electron chi connectivity index (χ0n) is 17.1. The molecule has 5 rings (SSSR count). The summed E-state index contributed by atoms with van der Waals surface area (Å²) in [7, 11) is 0. The zero-order valence-corrected chi connectivity index (χ0v) is 17.9. The van der Waals surface area contributed by atoms with E-state index >= 15 is 0 Å². The van der Waals surface area contributed by atoms with Crippen molar-refractivity contribution >= 4 is 27.4 Å². The molecule has 2 saturated heterocycles. The van der Waals surface area contributed by atoms with E-state index in [0.717, 1.165) is 66.4 Å². The van der Waals surface area contributed by atoms with Gasteiger partial charge in [-0.2, -0.15) is 0 Å². The van der Waals surface area contributed by atoms with Gasteiger partial charge in [-0.25, -0.2) is 9.97 Å². The lowest BCUT2D eigenvalue weighted by Gasteiger charge is -2.32. The molecule has 0 unspecified atom stereocenters. The first kappa shape index (κ1) is 19.5. The number of aromatic nitrogens is 2. The molecule has 1 aromatic carbocycles. The van der Waals surface area contributed by atoms with Gasteiger partial charge in [0.25, 0.3) is 0 Å². The first-order valence-corrected chi connectivity index (χ1v) is 11.7. The molecule has 0 saturated carbocycles. The van der Waals surface area contributed by atoms with Gasteiger partial charge >= 0.3 is 0 Å². The first-order valence-electron chi connectivity index (χ1n) is 10.9. The van der Waals surface area contributed by atoms with E-state index in [1.54, 1.807) is 17.7 Å². The van der Waals surface area contributed by atoms with Crippen LogP contribution in [0.2, 0.25) is 0 Å². The molecule has 2 aliphatic heterocycles. The third-order valence-corrected chi connectivity index (χ3v) is 6.96. The van der Waals surface area contributed by atoms with Gasteiger partial charge in [-0.3, -0.25) is 4.90 Å². The summed E-state index contributed by atoms with van der Waals surface area (Å²) in [6.45, 7) is 4.33. The van der Waals surface area contributed by atoms with Gasteiger partial charge in [0, 0.05) is 25.7 Å². The summed E-state index contributed by atoms with van der Waals surface area (Å²) in [6, 6.07) is 13.6. The van der Waals surface area contributed by atoms with Crippen molar-refractivity contribution < 1.29 is 0 Å². The number of anilines is 1. The average Bonchev–Trinajstić information content (AvgIpc) is 3.44. The lowest BCUT2D eigenvalue weighted by Crippen LogP contribution is -2.38. The Bertz CT molecular complexity index is 1040. The van der Waals surface area contributed by atoms with E-state index in [-0.39, 0.29) is 0 Å². The number of hydrogen-bond acceptors (Lipinski definition) is 6. The number of fused-ring (bicyclic) bond motifs is 1. The van der Waals surface area contributed by atoms with Gasteiger partial charge in [0.05, 0.1) is 21.1 Å². The largest absolute Gasteiger partial charge is 0.366 e. The van der Waals surface area contributed by atoms with Crippen molar-refractivity contribution in [3.63, 3.8) is 0 Å². The predicted octanol–water partition coefficient (Wildman–Crippen LogP) is 3.87. The SMILES string of the molecule is C(#C[C@@H]1CCCN1)c1cc2ncnc(NC3CCN(Cc4ccccc4)CC3)c2s1. The molecule has 0 bridgehead atoms. The van der Waals surface area contributed by atoms with Gasteiger partial charge in [0.1, 0.15) is 12.1 Å². The number of nitrogens with zero attached hydrogens (tertiary/aromatic N) is 3. The molecule has 3 aromatic rings. The fourth-order valence-electron chi connectivity index (χ4n) is 4.26. The van der Waals surface area contributed by atoms with Crippen LogP contribution in [0.1, 0.15) is 36.1 Å². The topological polar surface area (TPSA) is 53.1 Å². The third kappa shape index (κ3) is 4.65. The van der Waals surface area contributed by atoms with Crippen molar-refractivity contribution in [3.05, 3.63) is 53.2 Å². The molecule has 0 amide bonds. The molecule has 1 atom stereocenters. The minimum Gasteiger partial charge on any atom is -0.366 e. The Hall–Kier alpha value is -2.46. The highest BCUT2D eigenvalue weighted by molar-refractivity contribution is 7.20. The Kier molecular flexibility index (Phi) is 5.94. The molecule has 6 heteroatoms. The summed E-state index contributed by atoms with van der Waals surface area (Å²) in [5.74, 6) is 7.66. The molecule has 0 radical (unpaired) electrons. The predicted molar refractivity (Wildman–Crippen MR) is 124 cm³/mol. The standard InChI is InChI=1S/C24H27N5S/c1-2-5-18(6-3-1)16-29-13-10-20(11-14-29)28-24-23-22(26-17-27-24)15-21(30-23)9-8-19-7-4-12-25-19/h1-3,5-6,15,17,19-20,25H,4,7,10-14,16H2,(H,26,27,28)/t19-/m0/s1. The molecular weight excluding hydrogens is 390 g/mol. The second-order valence-corrected chi connectivity index (χ2v) is 9.20. The summed E-state index contributed by atoms with van der Waals surface area (Å²) >= 11 is 1.70. The monoisotopic (exact) mass is 417 g/mol. The second-order valence-electron chi connectivity index (χ2n) is 8.15. The number of rotatable bonds is 4. The molecular formula is C24H27N5S. The van der Waals surface area contributed by atoms with Crippen molar-refractivity contribution in [2.24, 2.45) is 0 Å². The van der Waals surface area contributed by atoms with Crippen LogP contribution in [0.5, 0.6) is 0 Å².